The fourth-order valence-electron chi connectivity index (χ4n) is 3.13. The van der Waals surface area contributed by atoms with Crippen LogP contribution in [0.15, 0.2) is 53.6 Å². The van der Waals surface area contributed by atoms with Gasteiger partial charge in [0.1, 0.15) is 5.82 Å². The lowest BCUT2D eigenvalue weighted by molar-refractivity contribution is -0.383. The van der Waals surface area contributed by atoms with Crippen LogP contribution in [0.5, 0.6) is 0 Å². The summed E-state index contributed by atoms with van der Waals surface area (Å²) in [4.78, 5) is 34.4. The number of halogens is 1. The molecule has 1 saturated heterocycles. The van der Waals surface area contributed by atoms with Crippen molar-refractivity contribution >= 4 is 45.6 Å². The standard InChI is InChI=1S/C19H12FN3O4S/c20-13-5-2-1-4-11(13)9-22-10-12(8-16-18(24)21-19(25)28-16)17-14(22)6-3-7-15(17)23(26)27/h1-8,10H,9H2,(H,21,24,25). The molecule has 1 aromatic heterocycles. The Kier molecular flexibility index (Phi) is 4.44. The van der Waals surface area contributed by atoms with Gasteiger partial charge in [-0.15, -0.1) is 0 Å². The molecule has 1 aliphatic rings. The number of nitrogens with zero attached hydrogens (tertiary/aromatic N) is 2. The lowest BCUT2D eigenvalue weighted by atomic mass is 10.1. The number of hydrogen-bond donors (Lipinski definition) is 1. The fourth-order valence-corrected chi connectivity index (χ4v) is 3.80. The van der Waals surface area contributed by atoms with E-state index in [0.717, 1.165) is 11.8 Å². The third-order valence-corrected chi connectivity index (χ3v) is 5.15. The second-order valence-corrected chi connectivity index (χ2v) is 7.10. The van der Waals surface area contributed by atoms with Crippen molar-refractivity contribution in [3.63, 3.8) is 0 Å². The number of nitro groups is 1. The molecule has 28 heavy (non-hydrogen) atoms. The number of imide groups is 1. The molecule has 4 rings (SSSR count). The van der Waals surface area contributed by atoms with Crippen LogP contribution in [-0.4, -0.2) is 20.6 Å². The van der Waals surface area contributed by atoms with Crippen molar-refractivity contribution in [1.29, 1.82) is 0 Å². The van der Waals surface area contributed by atoms with Gasteiger partial charge >= 0.3 is 0 Å². The molecule has 1 aliphatic heterocycles. The minimum Gasteiger partial charge on any atom is -0.342 e. The number of aromatic nitrogens is 1. The maximum Gasteiger partial charge on any atom is 0.290 e. The van der Waals surface area contributed by atoms with Gasteiger partial charge < -0.3 is 4.57 Å². The van der Waals surface area contributed by atoms with Crippen molar-refractivity contribution < 1.29 is 18.9 Å². The zero-order chi connectivity index (χ0) is 19.8. The van der Waals surface area contributed by atoms with Gasteiger partial charge in [0.25, 0.3) is 16.8 Å². The summed E-state index contributed by atoms with van der Waals surface area (Å²) in [5, 5.41) is 13.5. The third-order valence-electron chi connectivity index (χ3n) is 4.34. The number of amides is 2. The number of rotatable bonds is 4. The molecule has 0 atom stereocenters. The average Bonchev–Trinajstić information content (AvgIpc) is 3.16. The number of thioether (sulfide) groups is 1. The number of nitrogens with one attached hydrogen (secondary N) is 1. The Morgan fingerprint density at radius 1 is 1.18 bits per heavy atom. The minimum atomic E-state index is -0.552. The quantitative estimate of drug-likeness (QED) is 0.407. The Labute approximate surface area is 162 Å². The van der Waals surface area contributed by atoms with Crippen LogP contribution in [-0.2, 0) is 11.3 Å². The van der Waals surface area contributed by atoms with E-state index in [0.29, 0.717) is 22.0 Å². The molecule has 0 aliphatic carbocycles. The minimum absolute atomic E-state index is 0.133. The fraction of sp³-hybridized carbons (Fsp3) is 0.0526. The molecule has 0 bridgehead atoms. The van der Waals surface area contributed by atoms with Crippen LogP contribution in [0.1, 0.15) is 11.1 Å². The smallest absolute Gasteiger partial charge is 0.290 e. The number of nitro benzene ring substituents is 1. The van der Waals surface area contributed by atoms with Gasteiger partial charge in [0.15, 0.2) is 0 Å². The summed E-state index contributed by atoms with van der Waals surface area (Å²) in [7, 11) is 0. The first-order chi connectivity index (χ1) is 13.4. The highest BCUT2D eigenvalue weighted by molar-refractivity contribution is 8.18. The van der Waals surface area contributed by atoms with Crippen LogP contribution in [0.3, 0.4) is 0 Å². The van der Waals surface area contributed by atoms with Crippen molar-refractivity contribution in [1.82, 2.24) is 9.88 Å². The number of fused-ring (bicyclic) bond motifs is 1. The van der Waals surface area contributed by atoms with Crippen LogP contribution in [0.25, 0.3) is 17.0 Å². The number of carbonyl (C=O) groups excluding carboxylic acids is 2. The van der Waals surface area contributed by atoms with Crippen LogP contribution >= 0.6 is 11.8 Å². The molecule has 0 spiro atoms. The van der Waals surface area contributed by atoms with Gasteiger partial charge in [0, 0.05) is 23.4 Å². The first-order valence-electron chi connectivity index (χ1n) is 8.18. The van der Waals surface area contributed by atoms with E-state index in [1.807, 2.05) is 0 Å². The van der Waals surface area contributed by atoms with Gasteiger partial charge in [0.05, 0.1) is 27.3 Å². The van der Waals surface area contributed by atoms with Crippen molar-refractivity contribution in [2.45, 2.75) is 6.54 Å². The van der Waals surface area contributed by atoms with E-state index in [-0.39, 0.29) is 23.0 Å². The molecule has 7 nitrogen and oxygen atoms in total. The first-order valence-corrected chi connectivity index (χ1v) is 9.00. The molecule has 9 heteroatoms. The number of benzene rings is 2. The summed E-state index contributed by atoms with van der Waals surface area (Å²) in [5.41, 5.74) is 1.23. The van der Waals surface area contributed by atoms with E-state index in [4.69, 9.17) is 0 Å². The Balaban J connectivity index is 1.90. The summed E-state index contributed by atoms with van der Waals surface area (Å²) in [6.45, 7) is 0.159. The Bertz CT molecular complexity index is 1190. The molecule has 3 aromatic rings. The molecule has 0 saturated carbocycles. The molecule has 2 aromatic carbocycles. The van der Waals surface area contributed by atoms with E-state index in [1.54, 1.807) is 41.1 Å². The summed E-state index contributed by atoms with van der Waals surface area (Å²) >= 11 is 0.729. The SMILES string of the molecule is O=C1NC(=O)C(=Cc2cn(Cc3ccccc3F)c3cccc([N+](=O)[O-])c23)S1. The zero-order valence-electron chi connectivity index (χ0n) is 14.2. The second-order valence-electron chi connectivity index (χ2n) is 6.08. The van der Waals surface area contributed by atoms with Crippen molar-refractivity contribution in [2.24, 2.45) is 0 Å². The van der Waals surface area contributed by atoms with Gasteiger partial charge in [-0.05, 0) is 30.0 Å². The number of non-ortho nitro benzene ring substituents is 1. The molecular weight excluding hydrogens is 385 g/mol. The Morgan fingerprint density at radius 3 is 2.64 bits per heavy atom. The van der Waals surface area contributed by atoms with Crippen molar-refractivity contribution in [2.75, 3.05) is 0 Å². The highest BCUT2D eigenvalue weighted by atomic mass is 32.2. The van der Waals surface area contributed by atoms with E-state index < -0.39 is 16.1 Å². The number of carbonyl (C=O) groups is 2. The predicted octanol–water partition coefficient (Wildman–Crippen LogP) is 4.06. The van der Waals surface area contributed by atoms with Crippen molar-refractivity contribution in [3.05, 3.63) is 80.6 Å². The van der Waals surface area contributed by atoms with Gasteiger partial charge in [-0.1, -0.05) is 24.3 Å². The molecule has 2 amide bonds. The summed E-state index contributed by atoms with van der Waals surface area (Å²) < 4.78 is 15.8. The molecular formula is C19H12FN3O4S. The Morgan fingerprint density at radius 2 is 1.96 bits per heavy atom. The zero-order valence-corrected chi connectivity index (χ0v) is 15.0. The highest BCUT2D eigenvalue weighted by Gasteiger charge is 2.27. The van der Waals surface area contributed by atoms with E-state index in [9.17, 15) is 24.1 Å². The topological polar surface area (TPSA) is 94.2 Å². The van der Waals surface area contributed by atoms with Gasteiger partial charge in [-0.3, -0.25) is 25.0 Å². The average molecular weight is 397 g/mol. The van der Waals surface area contributed by atoms with E-state index in [2.05, 4.69) is 5.32 Å². The van der Waals surface area contributed by atoms with Crippen LogP contribution in [0, 0.1) is 15.9 Å². The van der Waals surface area contributed by atoms with Crippen molar-refractivity contribution in [3.8, 4) is 0 Å². The summed E-state index contributed by atoms with van der Waals surface area (Å²) in [5.74, 6) is -0.936. The normalized spacial score (nSPS) is 15.4. The maximum atomic E-state index is 14.1. The van der Waals surface area contributed by atoms with Crippen LogP contribution in [0.2, 0.25) is 0 Å². The molecule has 1 fully saturated rings. The van der Waals surface area contributed by atoms with Crippen LogP contribution < -0.4 is 5.32 Å². The van der Waals surface area contributed by atoms with Gasteiger partial charge in [-0.25, -0.2) is 4.39 Å². The maximum absolute atomic E-state index is 14.1. The predicted molar refractivity (Wildman–Crippen MR) is 103 cm³/mol. The lowest BCUT2D eigenvalue weighted by Crippen LogP contribution is -2.17. The van der Waals surface area contributed by atoms with Gasteiger partial charge in [0.2, 0.25) is 0 Å². The highest BCUT2D eigenvalue weighted by Crippen LogP contribution is 2.35. The van der Waals surface area contributed by atoms with E-state index in [1.165, 1.54) is 18.2 Å². The van der Waals surface area contributed by atoms with Gasteiger partial charge in [-0.2, -0.15) is 0 Å². The monoisotopic (exact) mass is 397 g/mol. The Hall–Kier alpha value is -3.46. The molecule has 0 unspecified atom stereocenters. The largest absolute Gasteiger partial charge is 0.342 e. The first kappa shape index (κ1) is 17.9. The molecule has 1 N–H and O–H groups in total. The molecule has 140 valence electrons. The van der Waals surface area contributed by atoms with E-state index >= 15 is 0 Å². The molecule has 0 radical (unpaired) electrons. The number of hydrogen-bond acceptors (Lipinski definition) is 5. The third kappa shape index (κ3) is 3.16. The lowest BCUT2D eigenvalue weighted by Gasteiger charge is -2.06. The summed E-state index contributed by atoms with van der Waals surface area (Å²) in [6, 6.07) is 10.9. The second kappa shape index (κ2) is 6.93. The summed E-state index contributed by atoms with van der Waals surface area (Å²) in [6.07, 6.45) is 3.06. The molecule has 2 heterocycles. The van der Waals surface area contributed by atoms with Crippen LogP contribution in [0.4, 0.5) is 14.9 Å².